The van der Waals surface area contributed by atoms with Gasteiger partial charge in [0.15, 0.2) is 0 Å². The van der Waals surface area contributed by atoms with Gasteiger partial charge in [-0.05, 0) is 24.1 Å². The summed E-state index contributed by atoms with van der Waals surface area (Å²) in [7, 11) is 0. The Labute approximate surface area is 181 Å². The molecule has 0 spiro atoms. The maximum absolute atomic E-state index is 13.1. The van der Waals surface area contributed by atoms with Crippen LogP contribution in [0.4, 0.5) is 5.69 Å². The molecule has 156 valence electrons. The van der Waals surface area contributed by atoms with E-state index < -0.39 is 0 Å². The van der Waals surface area contributed by atoms with Crippen LogP contribution in [0.1, 0.15) is 27.2 Å². The van der Waals surface area contributed by atoms with Crippen LogP contribution in [-0.2, 0) is 17.8 Å². The summed E-state index contributed by atoms with van der Waals surface area (Å²) >= 11 is 6.55. The molecule has 0 aliphatic carbocycles. The Kier molecular flexibility index (Phi) is 6.47. The fourth-order valence-corrected chi connectivity index (χ4v) is 3.96. The lowest BCUT2D eigenvalue weighted by Crippen LogP contribution is -2.35. The average Bonchev–Trinajstić information content (AvgIpc) is 3.04. The number of benzene rings is 2. The molecule has 1 aliphatic rings. The van der Waals surface area contributed by atoms with Gasteiger partial charge in [-0.15, -0.1) is 0 Å². The summed E-state index contributed by atoms with van der Waals surface area (Å²) in [5.74, 6) is -0.244. The van der Waals surface area contributed by atoms with Gasteiger partial charge in [-0.1, -0.05) is 60.1 Å². The second-order valence-electron chi connectivity index (χ2n) is 7.39. The molecule has 4 rings (SSSR count). The number of aromatic nitrogens is 2. The maximum atomic E-state index is 13.1. The van der Waals surface area contributed by atoms with Crippen molar-refractivity contribution in [2.24, 2.45) is 0 Å². The van der Waals surface area contributed by atoms with E-state index in [0.29, 0.717) is 23.0 Å². The highest BCUT2D eigenvalue weighted by Crippen LogP contribution is 2.24. The first kappa shape index (κ1) is 20.6. The van der Waals surface area contributed by atoms with E-state index in [9.17, 15) is 4.79 Å². The van der Waals surface area contributed by atoms with Crippen molar-refractivity contribution in [3.8, 4) is 0 Å². The van der Waals surface area contributed by atoms with Gasteiger partial charge in [-0.3, -0.25) is 9.69 Å². The highest BCUT2D eigenvalue weighted by atomic mass is 35.5. The zero-order chi connectivity index (χ0) is 20.9. The molecule has 30 heavy (non-hydrogen) atoms. The summed E-state index contributed by atoms with van der Waals surface area (Å²) in [6.07, 6.45) is 0. The van der Waals surface area contributed by atoms with Crippen LogP contribution in [0.3, 0.4) is 0 Å². The van der Waals surface area contributed by atoms with Gasteiger partial charge in [0.2, 0.25) is 0 Å². The van der Waals surface area contributed by atoms with Crippen LogP contribution in [0.5, 0.6) is 0 Å². The van der Waals surface area contributed by atoms with E-state index in [1.54, 1.807) is 4.68 Å². The number of nitrogens with one attached hydrogen (secondary N) is 1. The van der Waals surface area contributed by atoms with Gasteiger partial charge in [0.25, 0.3) is 5.91 Å². The van der Waals surface area contributed by atoms with Gasteiger partial charge >= 0.3 is 0 Å². The predicted octanol–water partition coefficient (Wildman–Crippen LogP) is 3.98. The fourth-order valence-electron chi connectivity index (χ4n) is 3.64. The fraction of sp³-hybridized carbons (Fsp3) is 0.304. The number of halogens is 1. The average molecular weight is 425 g/mol. The van der Waals surface area contributed by atoms with Gasteiger partial charge in [0.1, 0.15) is 5.15 Å². The van der Waals surface area contributed by atoms with E-state index in [1.807, 2.05) is 61.5 Å². The normalized spacial score (nSPS) is 14.6. The second-order valence-corrected chi connectivity index (χ2v) is 7.75. The Morgan fingerprint density at radius 3 is 2.53 bits per heavy atom. The highest BCUT2D eigenvalue weighted by Gasteiger charge is 2.22. The molecule has 3 aromatic rings. The number of ether oxygens (including phenoxy) is 1. The summed E-state index contributed by atoms with van der Waals surface area (Å²) in [5.41, 5.74) is 3.95. The molecular formula is C23H25ClN4O2. The first-order valence-electron chi connectivity index (χ1n) is 10.1. The van der Waals surface area contributed by atoms with E-state index >= 15 is 0 Å². The van der Waals surface area contributed by atoms with Crippen LogP contribution in [-0.4, -0.2) is 46.9 Å². The number of aryl methyl sites for hydroxylation is 1. The highest BCUT2D eigenvalue weighted by molar-refractivity contribution is 6.33. The number of carbonyl (C=O) groups is 1. The van der Waals surface area contributed by atoms with E-state index in [-0.39, 0.29) is 5.91 Å². The standard InChI is InChI=1S/C23H25ClN4O2/c1-17-21(22(24)28(26-17)15-18-7-3-2-4-8-18)23(29)25-20-10-6-5-9-19(20)16-27-11-13-30-14-12-27/h2-10H,11-16H2,1H3,(H,25,29). The number of carbonyl (C=O) groups excluding carboxylic acids is 1. The number of rotatable bonds is 6. The molecule has 2 heterocycles. The van der Waals surface area contributed by atoms with Gasteiger partial charge in [-0.25, -0.2) is 4.68 Å². The maximum Gasteiger partial charge on any atom is 0.260 e. The third-order valence-corrected chi connectivity index (χ3v) is 5.61. The number of morpholine rings is 1. The van der Waals surface area contributed by atoms with Crippen molar-refractivity contribution >= 4 is 23.2 Å². The van der Waals surface area contributed by atoms with Crippen molar-refractivity contribution in [1.29, 1.82) is 0 Å². The van der Waals surface area contributed by atoms with Crippen molar-refractivity contribution < 1.29 is 9.53 Å². The van der Waals surface area contributed by atoms with Crippen LogP contribution < -0.4 is 5.32 Å². The molecule has 1 fully saturated rings. The van der Waals surface area contributed by atoms with Crippen LogP contribution in [0, 0.1) is 6.92 Å². The number of hydrogen-bond acceptors (Lipinski definition) is 4. The third kappa shape index (κ3) is 4.73. The van der Waals surface area contributed by atoms with E-state index in [4.69, 9.17) is 16.3 Å². The van der Waals surface area contributed by atoms with Crippen molar-refractivity contribution in [3.63, 3.8) is 0 Å². The minimum Gasteiger partial charge on any atom is -0.379 e. The Morgan fingerprint density at radius 1 is 1.07 bits per heavy atom. The van der Waals surface area contributed by atoms with Crippen molar-refractivity contribution in [3.05, 3.63) is 82.1 Å². The van der Waals surface area contributed by atoms with E-state index in [2.05, 4.69) is 15.3 Å². The van der Waals surface area contributed by atoms with Crippen LogP contribution in [0.2, 0.25) is 5.15 Å². The second kappa shape index (κ2) is 9.43. The first-order valence-corrected chi connectivity index (χ1v) is 10.5. The van der Waals surface area contributed by atoms with E-state index in [0.717, 1.165) is 49.7 Å². The molecule has 1 saturated heterocycles. The minimum atomic E-state index is -0.244. The Bertz CT molecular complexity index is 1010. The molecule has 0 saturated carbocycles. The Balaban J connectivity index is 1.52. The number of para-hydroxylation sites is 1. The largest absolute Gasteiger partial charge is 0.379 e. The molecule has 6 nitrogen and oxygen atoms in total. The molecule has 0 unspecified atom stereocenters. The molecule has 7 heteroatoms. The summed E-state index contributed by atoms with van der Waals surface area (Å²) in [4.78, 5) is 15.4. The van der Waals surface area contributed by atoms with Gasteiger partial charge in [0, 0.05) is 25.3 Å². The monoisotopic (exact) mass is 424 g/mol. The summed E-state index contributed by atoms with van der Waals surface area (Å²) in [6, 6.07) is 17.8. The quantitative estimate of drug-likeness (QED) is 0.650. The molecule has 1 N–H and O–H groups in total. The number of anilines is 1. The summed E-state index contributed by atoms with van der Waals surface area (Å²) in [6.45, 7) is 6.34. The Morgan fingerprint density at radius 2 is 1.77 bits per heavy atom. The molecule has 1 aliphatic heterocycles. The lowest BCUT2D eigenvalue weighted by molar-refractivity contribution is 0.0342. The van der Waals surface area contributed by atoms with Crippen molar-refractivity contribution in [2.45, 2.75) is 20.0 Å². The lowest BCUT2D eigenvalue weighted by atomic mass is 10.1. The molecule has 2 aromatic carbocycles. The zero-order valence-corrected chi connectivity index (χ0v) is 17.7. The minimum absolute atomic E-state index is 0.244. The van der Waals surface area contributed by atoms with Crippen LogP contribution >= 0.6 is 11.6 Å². The van der Waals surface area contributed by atoms with E-state index in [1.165, 1.54) is 0 Å². The molecule has 0 bridgehead atoms. The Hall–Kier alpha value is -2.67. The molecule has 0 radical (unpaired) electrons. The van der Waals surface area contributed by atoms with Crippen LogP contribution in [0.15, 0.2) is 54.6 Å². The lowest BCUT2D eigenvalue weighted by Gasteiger charge is -2.27. The van der Waals surface area contributed by atoms with Gasteiger partial charge in [0.05, 0.1) is 31.0 Å². The molecule has 1 amide bonds. The number of amides is 1. The third-order valence-electron chi connectivity index (χ3n) is 5.23. The topological polar surface area (TPSA) is 59.4 Å². The molecular weight excluding hydrogens is 400 g/mol. The SMILES string of the molecule is Cc1nn(Cc2ccccc2)c(Cl)c1C(=O)Nc1ccccc1CN1CCOCC1. The molecule has 0 atom stereocenters. The number of nitrogens with zero attached hydrogens (tertiary/aromatic N) is 3. The van der Waals surface area contributed by atoms with Crippen molar-refractivity contribution in [1.82, 2.24) is 14.7 Å². The van der Waals surface area contributed by atoms with Crippen LogP contribution in [0.25, 0.3) is 0 Å². The van der Waals surface area contributed by atoms with Gasteiger partial charge < -0.3 is 10.1 Å². The zero-order valence-electron chi connectivity index (χ0n) is 17.0. The smallest absolute Gasteiger partial charge is 0.260 e. The number of hydrogen-bond donors (Lipinski definition) is 1. The first-order chi connectivity index (χ1) is 14.6. The predicted molar refractivity (Wildman–Crippen MR) is 118 cm³/mol. The van der Waals surface area contributed by atoms with Crippen molar-refractivity contribution in [2.75, 3.05) is 31.6 Å². The van der Waals surface area contributed by atoms with Gasteiger partial charge in [-0.2, -0.15) is 5.10 Å². The summed E-state index contributed by atoms with van der Waals surface area (Å²) in [5, 5.41) is 7.87. The summed E-state index contributed by atoms with van der Waals surface area (Å²) < 4.78 is 7.09. The molecule has 1 aromatic heterocycles.